The molecule has 0 heterocycles. The van der Waals surface area contributed by atoms with E-state index in [2.05, 4.69) is 5.32 Å². The molecule has 0 unspecified atom stereocenters. The summed E-state index contributed by atoms with van der Waals surface area (Å²) in [5.74, 6) is 1.45. The molecule has 0 radical (unpaired) electrons. The van der Waals surface area contributed by atoms with Gasteiger partial charge in [-0.25, -0.2) is 0 Å². The Morgan fingerprint density at radius 2 is 1.65 bits per heavy atom. The number of benzene rings is 2. The summed E-state index contributed by atoms with van der Waals surface area (Å²) in [5, 5.41) is 2.94. The number of rotatable bonds is 5. The van der Waals surface area contributed by atoms with Crippen LogP contribution in [0.2, 0.25) is 0 Å². The van der Waals surface area contributed by atoms with Crippen LogP contribution in [0.3, 0.4) is 0 Å². The third kappa shape index (κ3) is 3.85. The van der Waals surface area contributed by atoms with Gasteiger partial charge in [0, 0.05) is 11.6 Å². The Morgan fingerprint density at radius 3 is 2.25 bits per heavy atom. The summed E-state index contributed by atoms with van der Waals surface area (Å²) in [6.07, 6.45) is 0.918. The van der Waals surface area contributed by atoms with Gasteiger partial charge in [-0.05, 0) is 49.7 Å². The molecule has 1 N–H and O–H groups in total. The van der Waals surface area contributed by atoms with E-state index in [0.717, 1.165) is 17.9 Å². The van der Waals surface area contributed by atoms with E-state index in [1.165, 1.54) is 0 Å². The van der Waals surface area contributed by atoms with Crippen molar-refractivity contribution in [3.8, 4) is 11.5 Å². The van der Waals surface area contributed by atoms with Crippen LogP contribution in [0.25, 0.3) is 0 Å². The summed E-state index contributed by atoms with van der Waals surface area (Å²) in [6, 6.07) is 16.9. The molecule has 0 fully saturated rings. The molecule has 0 saturated carbocycles. The molecule has 3 heteroatoms. The average Bonchev–Trinajstić information content (AvgIpc) is 2.49. The minimum absolute atomic E-state index is 0.0504. The van der Waals surface area contributed by atoms with Gasteiger partial charge in [0.15, 0.2) is 0 Å². The lowest BCUT2D eigenvalue weighted by atomic mass is 10.2. The van der Waals surface area contributed by atoms with Crippen molar-refractivity contribution < 1.29 is 9.53 Å². The second kappa shape index (κ2) is 6.75. The topological polar surface area (TPSA) is 38.3 Å². The van der Waals surface area contributed by atoms with Crippen molar-refractivity contribution in [3.63, 3.8) is 0 Å². The second-order valence-corrected chi connectivity index (χ2v) is 4.72. The predicted octanol–water partition coefficient (Wildman–Crippen LogP) is 4.01. The number of hydrogen-bond acceptors (Lipinski definition) is 2. The molecular weight excluding hydrogens is 250 g/mol. The molecule has 0 aliphatic rings. The number of carbonyl (C=O) groups excluding carboxylic acids is 1. The maximum Gasteiger partial charge on any atom is 0.251 e. The monoisotopic (exact) mass is 269 g/mol. The first kappa shape index (κ1) is 14.1. The zero-order chi connectivity index (χ0) is 14.4. The molecule has 20 heavy (non-hydrogen) atoms. The fourth-order valence-corrected chi connectivity index (χ4v) is 1.71. The molecule has 3 nitrogen and oxygen atoms in total. The molecule has 0 bridgehead atoms. The Hall–Kier alpha value is -2.29. The van der Waals surface area contributed by atoms with E-state index in [1.54, 1.807) is 24.3 Å². The molecule has 0 aromatic heterocycles. The summed E-state index contributed by atoms with van der Waals surface area (Å²) >= 11 is 0. The van der Waals surface area contributed by atoms with Crippen molar-refractivity contribution in [1.29, 1.82) is 0 Å². The molecule has 2 rings (SSSR count). The highest BCUT2D eigenvalue weighted by atomic mass is 16.5. The lowest BCUT2D eigenvalue weighted by Gasteiger charge is -2.11. The van der Waals surface area contributed by atoms with E-state index in [4.69, 9.17) is 4.74 Å². The molecule has 0 aliphatic carbocycles. The van der Waals surface area contributed by atoms with Gasteiger partial charge >= 0.3 is 0 Å². The van der Waals surface area contributed by atoms with Gasteiger partial charge in [0.25, 0.3) is 5.91 Å². The van der Waals surface area contributed by atoms with Crippen molar-refractivity contribution in [1.82, 2.24) is 5.32 Å². The number of carbonyl (C=O) groups is 1. The van der Waals surface area contributed by atoms with Gasteiger partial charge in [-0.2, -0.15) is 0 Å². The lowest BCUT2D eigenvalue weighted by molar-refractivity contribution is 0.0939. The largest absolute Gasteiger partial charge is 0.457 e. The van der Waals surface area contributed by atoms with Crippen molar-refractivity contribution in [3.05, 3.63) is 60.2 Å². The van der Waals surface area contributed by atoms with Crippen LogP contribution in [0.1, 0.15) is 30.6 Å². The number of ether oxygens (including phenoxy) is 1. The Kier molecular flexibility index (Phi) is 4.77. The van der Waals surface area contributed by atoms with Crippen LogP contribution in [0.5, 0.6) is 11.5 Å². The van der Waals surface area contributed by atoms with Crippen LogP contribution in [-0.2, 0) is 0 Å². The normalized spacial score (nSPS) is 11.7. The van der Waals surface area contributed by atoms with Crippen LogP contribution in [0, 0.1) is 0 Å². The molecule has 2 aromatic carbocycles. The quantitative estimate of drug-likeness (QED) is 0.890. The molecule has 2 aromatic rings. The van der Waals surface area contributed by atoms with Gasteiger partial charge in [0.2, 0.25) is 0 Å². The Balaban J connectivity index is 2.01. The van der Waals surface area contributed by atoms with Gasteiger partial charge in [-0.3, -0.25) is 4.79 Å². The van der Waals surface area contributed by atoms with Gasteiger partial charge in [0.1, 0.15) is 11.5 Å². The van der Waals surface area contributed by atoms with Gasteiger partial charge in [0.05, 0.1) is 0 Å². The lowest BCUT2D eigenvalue weighted by Crippen LogP contribution is -2.31. The maximum absolute atomic E-state index is 11.9. The molecule has 0 spiro atoms. The molecular formula is C17H19NO2. The molecule has 0 aliphatic heterocycles. The maximum atomic E-state index is 11.9. The van der Waals surface area contributed by atoms with Crippen molar-refractivity contribution >= 4 is 5.91 Å². The average molecular weight is 269 g/mol. The van der Waals surface area contributed by atoms with Crippen LogP contribution in [0.4, 0.5) is 0 Å². The van der Waals surface area contributed by atoms with Crippen molar-refractivity contribution in [2.45, 2.75) is 26.3 Å². The number of nitrogens with one attached hydrogen (secondary N) is 1. The van der Waals surface area contributed by atoms with E-state index in [1.807, 2.05) is 44.2 Å². The second-order valence-electron chi connectivity index (χ2n) is 4.72. The highest BCUT2D eigenvalue weighted by molar-refractivity contribution is 5.94. The van der Waals surface area contributed by atoms with Crippen molar-refractivity contribution in [2.24, 2.45) is 0 Å². The zero-order valence-electron chi connectivity index (χ0n) is 11.8. The third-order valence-corrected chi connectivity index (χ3v) is 3.09. The summed E-state index contributed by atoms with van der Waals surface area (Å²) in [6.45, 7) is 4.03. The fraction of sp³-hybridized carbons (Fsp3) is 0.235. The van der Waals surface area contributed by atoms with Gasteiger partial charge in [-0.15, -0.1) is 0 Å². The summed E-state index contributed by atoms with van der Waals surface area (Å²) in [5.41, 5.74) is 0.644. The summed E-state index contributed by atoms with van der Waals surface area (Å²) < 4.78 is 5.68. The van der Waals surface area contributed by atoms with Crippen LogP contribution in [-0.4, -0.2) is 11.9 Å². The first-order valence-electron chi connectivity index (χ1n) is 6.83. The third-order valence-electron chi connectivity index (χ3n) is 3.09. The Labute approximate surface area is 119 Å². The first-order valence-corrected chi connectivity index (χ1v) is 6.83. The van der Waals surface area contributed by atoms with E-state index < -0.39 is 0 Å². The highest BCUT2D eigenvalue weighted by Gasteiger charge is 2.08. The van der Waals surface area contributed by atoms with Gasteiger partial charge < -0.3 is 10.1 Å². The van der Waals surface area contributed by atoms with E-state index in [0.29, 0.717) is 5.56 Å². The Bertz CT molecular complexity index is 549. The van der Waals surface area contributed by atoms with E-state index in [-0.39, 0.29) is 11.9 Å². The van der Waals surface area contributed by atoms with Gasteiger partial charge in [-0.1, -0.05) is 25.1 Å². The number of para-hydroxylation sites is 1. The van der Waals surface area contributed by atoms with E-state index >= 15 is 0 Å². The highest BCUT2D eigenvalue weighted by Crippen LogP contribution is 2.21. The van der Waals surface area contributed by atoms with Crippen LogP contribution in [0.15, 0.2) is 54.6 Å². The fourth-order valence-electron chi connectivity index (χ4n) is 1.71. The summed E-state index contributed by atoms with van der Waals surface area (Å²) in [7, 11) is 0. The summed E-state index contributed by atoms with van der Waals surface area (Å²) in [4.78, 5) is 11.9. The van der Waals surface area contributed by atoms with Crippen LogP contribution >= 0.6 is 0 Å². The Morgan fingerprint density at radius 1 is 1.05 bits per heavy atom. The van der Waals surface area contributed by atoms with Crippen LogP contribution < -0.4 is 10.1 Å². The SMILES string of the molecule is CC[C@H](C)NC(=O)c1ccc(Oc2ccccc2)cc1. The first-order chi connectivity index (χ1) is 9.69. The molecule has 1 amide bonds. The zero-order valence-corrected chi connectivity index (χ0v) is 11.8. The number of hydrogen-bond donors (Lipinski definition) is 1. The smallest absolute Gasteiger partial charge is 0.251 e. The van der Waals surface area contributed by atoms with E-state index in [9.17, 15) is 4.79 Å². The standard InChI is InChI=1S/C17H19NO2/c1-3-13(2)18-17(19)14-9-11-16(12-10-14)20-15-7-5-4-6-8-15/h4-13H,3H2,1-2H3,(H,18,19)/t13-/m0/s1. The molecule has 104 valence electrons. The minimum atomic E-state index is -0.0504. The predicted molar refractivity (Wildman–Crippen MR) is 80.2 cm³/mol. The van der Waals surface area contributed by atoms with Crippen molar-refractivity contribution in [2.75, 3.05) is 0 Å². The molecule has 0 saturated heterocycles. The number of amides is 1. The minimum Gasteiger partial charge on any atom is -0.457 e. The molecule has 1 atom stereocenters.